The maximum atomic E-state index is 12.4. The first-order chi connectivity index (χ1) is 7.79. The van der Waals surface area contributed by atoms with Crippen LogP contribution in [0.15, 0.2) is 12.1 Å². The van der Waals surface area contributed by atoms with Crippen LogP contribution in [0.2, 0.25) is 0 Å². The van der Waals surface area contributed by atoms with Crippen molar-refractivity contribution in [3.05, 3.63) is 12.1 Å². The Kier molecular flexibility index (Phi) is 8.98. The molecule has 0 radical (unpaired) electrons. The van der Waals surface area contributed by atoms with Gasteiger partial charge in [-0.15, -0.1) is 12.1 Å². The zero-order valence-corrected chi connectivity index (χ0v) is 14.8. The number of nitrogens with zero attached hydrogens (tertiary/aromatic N) is 2. The van der Waals surface area contributed by atoms with E-state index in [-0.39, 0.29) is 57.9 Å². The zero-order chi connectivity index (χ0) is 13.1. The molecule has 0 aromatic rings. The Morgan fingerprint density at radius 1 is 1.11 bits per heavy atom. The van der Waals surface area contributed by atoms with E-state index in [0.29, 0.717) is 19.0 Å². The van der Waals surface area contributed by atoms with Crippen molar-refractivity contribution in [1.29, 1.82) is 0 Å². The zero-order valence-electron chi connectivity index (χ0n) is 11.6. The van der Waals surface area contributed by atoms with Gasteiger partial charge in [-0.1, -0.05) is 13.8 Å². The summed E-state index contributed by atoms with van der Waals surface area (Å²) in [5.74, 6) is 0.607. The summed E-state index contributed by atoms with van der Waals surface area (Å²) in [6.07, 6.45) is 0. The smallest absolute Gasteiger partial charge is 0.445 e. The third-order valence-electron chi connectivity index (χ3n) is 2.98. The molecule has 18 heavy (non-hydrogen) atoms. The van der Waals surface area contributed by atoms with E-state index in [1.165, 1.54) is 0 Å². The molecule has 0 aromatic carbocycles. The minimum Gasteiger partial charge on any atom is -0.445 e. The molecule has 0 spiro atoms. The van der Waals surface area contributed by atoms with Gasteiger partial charge in [0.15, 0.2) is 0 Å². The molecule has 0 atom stereocenters. The van der Waals surface area contributed by atoms with Gasteiger partial charge < -0.3 is 17.8 Å². The second-order valence-corrected chi connectivity index (χ2v) is 5.20. The van der Waals surface area contributed by atoms with Crippen molar-refractivity contribution >= 4 is 6.98 Å². The Labute approximate surface area is 150 Å². The normalized spacial score (nSPS) is 18.8. The predicted octanol–water partition coefficient (Wildman–Crippen LogP) is -0.793. The molecule has 1 aliphatic heterocycles. The summed E-state index contributed by atoms with van der Waals surface area (Å²) < 4.78 is 37.1. The predicted molar refractivity (Wildman–Crippen MR) is 65.9 cm³/mol. The summed E-state index contributed by atoms with van der Waals surface area (Å²) in [6.45, 7) is 6.69. The fourth-order valence-electron chi connectivity index (χ4n) is 2.04. The molecule has 0 unspecified atom stereocenters. The van der Waals surface area contributed by atoms with Crippen LogP contribution in [0.5, 0.6) is 0 Å². The van der Waals surface area contributed by atoms with Crippen LogP contribution in [0.25, 0.3) is 0 Å². The fraction of sp³-hybridized carbons (Fsp3) is 0.818. The molecule has 0 amide bonds. The van der Waals surface area contributed by atoms with E-state index in [1.807, 2.05) is 4.90 Å². The number of hydrogen-bond donors (Lipinski definition) is 0. The average molecular weight is 288 g/mol. The van der Waals surface area contributed by atoms with Crippen molar-refractivity contribution in [2.75, 3.05) is 39.3 Å². The van der Waals surface area contributed by atoms with Gasteiger partial charge in [-0.2, -0.15) is 0 Å². The first-order valence-electron chi connectivity index (χ1n) is 6.11. The maximum absolute atomic E-state index is 12.4. The van der Waals surface area contributed by atoms with E-state index >= 15 is 0 Å². The molecule has 2 nitrogen and oxygen atoms in total. The van der Waals surface area contributed by atoms with Gasteiger partial charge in [-0.25, -0.2) is 0 Å². The van der Waals surface area contributed by atoms with Crippen molar-refractivity contribution in [3.8, 4) is 0 Å². The fourth-order valence-corrected chi connectivity index (χ4v) is 2.04. The minimum absolute atomic E-state index is 0. The monoisotopic (exact) mass is 288 g/mol. The van der Waals surface area contributed by atoms with Crippen LogP contribution in [0, 0.1) is 5.92 Å². The Morgan fingerprint density at radius 2 is 1.56 bits per heavy atom. The van der Waals surface area contributed by atoms with Crippen LogP contribution in [0.4, 0.5) is 12.9 Å². The average Bonchev–Trinajstić information content (AvgIpc) is 2.18. The SMILES string of the molecule is C=C(CN1CCN(CC(C)C)CC1)[B-](F)(F)F.[K+]. The van der Waals surface area contributed by atoms with Crippen molar-refractivity contribution in [3.63, 3.8) is 0 Å². The number of hydrogen-bond acceptors (Lipinski definition) is 2. The second kappa shape index (κ2) is 8.44. The van der Waals surface area contributed by atoms with Crippen molar-refractivity contribution in [1.82, 2.24) is 9.80 Å². The van der Waals surface area contributed by atoms with Gasteiger partial charge in [0.1, 0.15) is 0 Å². The standard InChI is InChI=1S/C11H21BF3N2.K/c1-10(2)8-16-4-6-17(7-5-16)9-11(3)12(13,14)15;/h10H,3-9H2,1-2H3;/q-1;+1. The van der Waals surface area contributed by atoms with E-state index in [0.717, 1.165) is 19.6 Å². The van der Waals surface area contributed by atoms with Crippen LogP contribution in [0.1, 0.15) is 13.8 Å². The first kappa shape index (κ1) is 19.2. The Morgan fingerprint density at radius 3 is 1.94 bits per heavy atom. The molecule has 1 aliphatic rings. The van der Waals surface area contributed by atoms with Crippen molar-refractivity contribution in [2.45, 2.75) is 13.8 Å². The number of rotatable bonds is 5. The number of halogens is 3. The Hall–Kier alpha value is 1.15. The summed E-state index contributed by atoms with van der Waals surface area (Å²) in [6, 6.07) is 0. The quantitative estimate of drug-likeness (QED) is 0.612. The largest absolute Gasteiger partial charge is 1.00 e. The topological polar surface area (TPSA) is 6.48 Å². The van der Waals surface area contributed by atoms with Crippen LogP contribution in [0.3, 0.4) is 0 Å². The third kappa shape index (κ3) is 7.07. The van der Waals surface area contributed by atoms with Gasteiger partial charge in [0.05, 0.1) is 0 Å². The minimum atomic E-state index is -4.88. The molecule has 0 N–H and O–H groups in total. The summed E-state index contributed by atoms with van der Waals surface area (Å²) >= 11 is 0. The van der Waals surface area contributed by atoms with Gasteiger partial charge >= 0.3 is 58.4 Å². The van der Waals surface area contributed by atoms with E-state index in [4.69, 9.17) is 0 Å². The van der Waals surface area contributed by atoms with E-state index in [1.54, 1.807) is 0 Å². The summed E-state index contributed by atoms with van der Waals surface area (Å²) in [5, 5.41) is 0. The van der Waals surface area contributed by atoms with Crippen LogP contribution in [-0.4, -0.2) is 56.0 Å². The van der Waals surface area contributed by atoms with E-state index < -0.39 is 12.4 Å². The molecule has 1 heterocycles. The van der Waals surface area contributed by atoms with Crippen molar-refractivity contribution in [2.24, 2.45) is 5.92 Å². The molecular formula is C11H21BF3KN2. The molecule has 1 fully saturated rings. The van der Waals surface area contributed by atoms with Gasteiger partial charge in [0, 0.05) is 32.7 Å². The van der Waals surface area contributed by atoms with Gasteiger partial charge in [-0.3, -0.25) is 4.90 Å². The van der Waals surface area contributed by atoms with Crippen molar-refractivity contribution < 1.29 is 64.3 Å². The summed E-state index contributed by atoms with van der Waals surface area (Å²) in [5.41, 5.74) is -0.581. The molecule has 0 saturated carbocycles. The molecule has 0 aromatic heterocycles. The van der Waals surface area contributed by atoms with Gasteiger partial charge in [-0.05, 0) is 12.5 Å². The summed E-state index contributed by atoms with van der Waals surface area (Å²) in [7, 11) is 0. The Bertz CT molecular complexity index is 264. The third-order valence-corrected chi connectivity index (χ3v) is 2.98. The van der Waals surface area contributed by atoms with E-state index in [2.05, 4.69) is 25.3 Å². The molecule has 0 bridgehead atoms. The second-order valence-electron chi connectivity index (χ2n) is 5.20. The first-order valence-corrected chi connectivity index (χ1v) is 6.11. The molecular weight excluding hydrogens is 267 g/mol. The Balaban J connectivity index is 0.00000289. The van der Waals surface area contributed by atoms with Gasteiger partial charge in [0.2, 0.25) is 0 Å². The van der Waals surface area contributed by atoms with E-state index in [9.17, 15) is 12.9 Å². The summed E-state index contributed by atoms with van der Waals surface area (Å²) in [4.78, 5) is 4.15. The molecule has 0 aliphatic carbocycles. The van der Waals surface area contributed by atoms with Crippen LogP contribution >= 0.6 is 0 Å². The number of piperazine rings is 1. The van der Waals surface area contributed by atoms with Gasteiger partial charge in [0.25, 0.3) is 0 Å². The van der Waals surface area contributed by atoms with Crippen LogP contribution in [-0.2, 0) is 0 Å². The maximum Gasteiger partial charge on any atom is 1.00 e. The molecule has 1 saturated heterocycles. The molecule has 7 heteroatoms. The molecule has 100 valence electrons. The molecule has 1 rings (SSSR count). The van der Waals surface area contributed by atoms with Crippen LogP contribution < -0.4 is 51.4 Å².